The summed E-state index contributed by atoms with van der Waals surface area (Å²) in [5, 5.41) is 11.1. The zero-order valence-corrected chi connectivity index (χ0v) is 11.6. The number of benzene rings is 1. The average molecular weight is 277 g/mol. The number of methoxy groups -OCH3 is 1. The van der Waals surface area contributed by atoms with E-state index in [-0.39, 0.29) is 0 Å². The predicted octanol–water partition coefficient (Wildman–Crippen LogP) is 3.03. The normalized spacial score (nSPS) is 11.8. The van der Waals surface area contributed by atoms with Crippen molar-refractivity contribution in [2.75, 3.05) is 13.4 Å². The van der Waals surface area contributed by atoms with Crippen molar-refractivity contribution in [1.82, 2.24) is 0 Å². The summed E-state index contributed by atoms with van der Waals surface area (Å²) in [7, 11) is 0.482. The van der Waals surface area contributed by atoms with E-state index in [1.54, 1.807) is 13.4 Å². The fourth-order valence-electron chi connectivity index (χ4n) is 1.64. The van der Waals surface area contributed by atoms with Gasteiger partial charge in [0, 0.05) is 17.2 Å². The summed E-state index contributed by atoms with van der Waals surface area (Å²) in [6.07, 6.45) is 1.59. The van der Waals surface area contributed by atoms with Crippen LogP contribution in [0.15, 0.2) is 33.9 Å². The van der Waals surface area contributed by atoms with E-state index in [0.717, 1.165) is 16.9 Å². The van der Waals surface area contributed by atoms with Gasteiger partial charge in [-0.2, -0.15) is 5.26 Å². The molecule has 1 aromatic carbocycles. The van der Waals surface area contributed by atoms with E-state index >= 15 is 0 Å². The molecule has 5 heteroatoms. The number of nitrogens with zero attached hydrogens (tertiary/aromatic N) is 1. The van der Waals surface area contributed by atoms with Crippen LogP contribution in [0.2, 0.25) is 0 Å². The van der Waals surface area contributed by atoms with E-state index in [1.807, 2.05) is 29.6 Å². The molecule has 1 heterocycles. The average Bonchev–Trinajstić information content (AvgIpc) is 2.82. The number of ether oxygens (including phenoxy) is 1. The molecule has 0 radical (unpaired) electrons. The van der Waals surface area contributed by atoms with Crippen molar-refractivity contribution in [3.05, 3.63) is 35.2 Å². The van der Waals surface area contributed by atoms with Crippen LogP contribution in [-0.2, 0) is 10.8 Å². The SMILES string of the molecule is COc1ccc(-c2csc([S@@](C)=O)c2C#N)cc1. The first-order chi connectivity index (χ1) is 8.67. The molecule has 1 atom stereocenters. The van der Waals surface area contributed by atoms with Gasteiger partial charge in [0.1, 0.15) is 16.0 Å². The standard InChI is InChI=1S/C13H11NO2S2/c1-16-10-5-3-9(4-6-10)12-8-17-13(18(2)15)11(12)7-14/h3-6,8H,1-2H3/t18-/m1/s1. The molecule has 18 heavy (non-hydrogen) atoms. The van der Waals surface area contributed by atoms with Crippen LogP contribution < -0.4 is 4.74 Å². The van der Waals surface area contributed by atoms with E-state index in [2.05, 4.69) is 6.07 Å². The lowest BCUT2D eigenvalue weighted by atomic mass is 10.1. The Morgan fingerprint density at radius 3 is 2.50 bits per heavy atom. The first kappa shape index (κ1) is 12.8. The van der Waals surface area contributed by atoms with Crippen LogP contribution in [-0.4, -0.2) is 17.6 Å². The van der Waals surface area contributed by atoms with Gasteiger partial charge < -0.3 is 4.74 Å². The molecule has 0 aliphatic carbocycles. The van der Waals surface area contributed by atoms with Crippen molar-refractivity contribution < 1.29 is 8.95 Å². The smallest absolute Gasteiger partial charge is 0.118 e. The van der Waals surface area contributed by atoms with Crippen LogP contribution in [0.3, 0.4) is 0 Å². The molecule has 2 aromatic rings. The third kappa shape index (κ3) is 2.30. The van der Waals surface area contributed by atoms with E-state index in [0.29, 0.717) is 9.77 Å². The van der Waals surface area contributed by atoms with E-state index in [1.165, 1.54) is 11.3 Å². The first-order valence-electron chi connectivity index (χ1n) is 5.16. The Morgan fingerprint density at radius 1 is 1.33 bits per heavy atom. The van der Waals surface area contributed by atoms with Crippen molar-refractivity contribution in [2.45, 2.75) is 4.21 Å². The molecule has 0 saturated carbocycles. The molecule has 0 unspecified atom stereocenters. The number of nitriles is 1. The molecule has 3 nitrogen and oxygen atoms in total. The molecule has 0 aliphatic heterocycles. The Hall–Kier alpha value is -1.64. The lowest BCUT2D eigenvalue weighted by Gasteiger charge is -2.02. The maximum absolute atomic E-state index is 11.5. The summed E-state index contributed by atoms with van der Waals surface area (Å²) in [6.45, 7) is 0. The Kier molecular flexibility index (Phi) is 3.80. The Bertz CT molecular complexity index is 623. The maximum atomic E-state index is 11.5. The number of hydrogen-bond acceptors (Lipinski definition) is 4. The molecular weight excluding hydrogens is 266 g/mol. The van der Waals surface area contributed by atoms with E-state index in [9.17, 15) is 9.47 Å². The summed E-state index contributed by atoms with van der Waals surface area (Å²) in [4.78, 5) is 0. The highest BCUT2D eigenvalue weighted by Gasteiger charge is 2.15. The quantitative estimate of drug-likeness (QED) is 0.866. The Balaban J connectivity index is 2.51. The van der Waals surface area contributed by atoms with Gasteiger partial charge in [0.2, 0.25) is 0 Å². The molecule has 0 N–H and O–H groups in total. The lowest BCUT2D eigenvalue weighted by molar-refractivity contribution is 0.415. The molecule has 92 valence electrons. The van der Waals surface area contributed by atoms with Crippen LogP contribution in [0, 0.1) is 11.3 Å². The third-order valence-corrected chi connectivity index (χ3v) is 5.02. The topological polar surface area (TPSA) is 50.1 Å². The minimum Gasteiger partial charge on any atom is -0.497 e. The largest absolute Gasteiger partial charge is 0.497 e. The summed E-state index contributed by atoms with van der Waals surface area (Å²) in [5.74, 6) is 0.770. The van der Waals surface area contributed by atoms with Crippen LogP contribution in [0.1, 0.15) is 5.56 Å². The van der Waals surface area contributed by atoms with Crippen LogP contribution >= 0.6 is 11.3 Å². The van der Waals surface area contributed by atoms with Gasteiger partial charge in [-0.05, 0) is 17.7 Å². The molecule has 2 rings (SSSR count). The predicted molar refractivity (Wildman–Crippen MR) is 73.4 cm³/mol. The lowest BCUT2D eigenvalue weighted by Crippen LogP contribution is -1.88. The van der Waals surface area contributed by atoms with E-state index in [4.69, 9.17) is 4.74 Å². The molecule has 0 spiro atoms. The van der Waals surface area contributed by atoms with Crippen LogP contribution in [0.4, 0.5) is 0 Å². The van der Waals surface area contributed by atoms with Crippen molar-refractivity contribution in [2.24, 2.45) is 0 Å². The highest BCUT2D eigenvalue weighted by molar-refractivity contribution is 7.86. The highest BCUT2D eigenvalue weighted by atomic mass is 32.2. The number of thiophene rings is 1. The first-order valence-corrected chi connectivity index (χ1v) is 7.60. The summed E-state index contributed by atoms with van der Waals surface area (Å²) in [6, 6.07) is 9.61. The molecular formula is C13H11NO2S2. The van der Waals surface area contributed by atoms with Crippen molar-refractivity contribution in [3.8, 4) is 22.9 Å². The molecule has 0 saturated heterocycles. The third-order valence-electron chi connectivity index (χ3n) is 2.53. The summed E-state index contributed by atoms with van der Waals surface area (Å²) < 4.78 is 17.2. The second kappa shape index (κ2) is 5.34. The highest BCUT2D eigenvalue weighted by Crippen LogP contribution is 2.33. The second-order valence-electron chi connectivity index (χ2n) is 3.61. The minimum absolute atomic E-state index is 0.506. The Labute approximate surface area is 112 Å². The summed E-state index contributed by atoms with van der Waals surface area (Å²) in [5.41, 5.74) is 2.27. The molecule has 0 fully saturated rings. The van der Waals surface area contributed by atoms with Gasteiger partial charge in [-0.25, -0.2) is 0 Å². The fourth-order valence-corrected chi connectivity index (χ4v) is 3.52. The zero-order valence-electron chi connectivity index (χ0n) is 9.97. The second-order valence-corrected chi connectivity index (χ2v) is 6.06. The van der Waals surface area contributed by atoms with Crippen molar-refractivity contribution >= 4 is 22.1 Å². The van der Waals surface area contributed by atoms with Gasteiger partial charge in [0.15, 0.2) is 0 Å². The fraction of sp³-hybridized carbons (Fsp3) is 0.154. The molecule has 1 aromatic heterocycles. The minimum atomic E-state index is -1.13. The number of hydrogen-bond donors (Lipinski definition) is 0. The summed E-state index contributed by atoms with van der Waals surface area (Å²) >= 11 is 1.36. The van der Waals surface area contributed by atoms with Crippen LogP contribution in [0.5, 0.6) is 5.75 Å². The van der Waals surface area contributed by atoms with Gasteiger partial charge in [-0.3, -0.25) is 4.21 Å². The van der Waals surface area contributed by atoms with Gasteiger partial charge in [-0.15, -0.1) is 11.3 Å². The monoisotopic (exact) mass is 277 g/mol. The molecule has 0 aliphatic rings. The maximum Gasteiger partial charge on any atom is 0.118 e. The number of rotatable bonds is 3. The van der Waals surface area contributed by atoms with Crippen LogP contribution in [0.25, 0.3) is 11.1 Å². The van der Waals surface area contributed by atoms with Gasteiger partial charge in [0.25, 0.3) is 0 Å². The van der Waals surface area contributed by atoms with E-state index < -0.39 is 10.8 Å². The molecule has 0 bridgehead atoms. The molecule has 0 amide bonds. The zero-order chi connectivity index (χ0) is 13.1. The Morgan fingerprint density at radius 2 is 2.00 bits per heavy atom. The van der Waals surface area contributed by atoms with Crippen molar-refractivity contribution in [1.29, 1.82) is 5.26 Å². The van der Waals surface area contributed by atoms with Gasteiger partial charge >= 0.3 is 0 Å². The van der Waals surface area contributed by atoms with Crippen molar-refractivity contribution in [3.63, 3.8) is 0 Å². The van der Waals surface area contributed by atoms with Gasteiger partial charge in [-0.1, -0.05) is 12.1 Å². The van der Waals surface area contributed by atoms with Gasteiger partial charge in [0.05, 0.1) is 23.5 Å².